The van der Waals surface area contributed by atoms with Gasteiger partial charge < -0.3 is 9.84 Å². The lowest BCUT2D eigenvalue weighted by Gasteiger charge is -2.15. The van der Waals surface area contributed by atoms with Crippen molar-refractivity contribution in [2.45, 2.75) is 29.6 Å². The number of pyridine rings is 1. The minimum absolute atomic E-state index is 0.0490. The summed E-state index contributed by atoms with van der Waals surface area (Å²) in [6.45, 7) is 6.96. The average molecular weight is 366 g/mol. The zero-order valence-corrected chi connectivity index (χ0v) is 13.5. The van der Waals surface area contributed by atoms with Gasteiger partial charge in [0, 0.05) is 17.3 Å². The molecule has 1 heterocycles. The average Bonchev–Trinajstić information content (AvgIpc) is 2.97. The molecule has 25 heavy (non-hydrogen) atoms. The van der Waals surface area contributed by atoms with E-state index in [1.165, 1.54) is 24.5 Å². The number of aliphatic hydroxyl groups excluding tert-OH is 1. The second kappa shape index (κ2) is 6.38. The van der Waals surface area contributed by atoms with Gasteiger partial charge in [0.1, 0.15) is 11.5 Å². The number of hydrogen-bond donors (Lipinski definition) is 1. The molecule has 3 rings (SSSR count). The van der Waals surface area contributed by atoms with Crippen molar-refractivity contribution in [2.75, 3.05) is 0 Å². The Hall–Kier alpha value is -2.57. The molecule has 0 aliphatic heterocycles. The van der Waals surface area contributed by atoms with Gasteiger partial charge in [0.15, 0.2) is 0 Å². The number of ether oxygens (including phenoxy) is 1. The number of hydrogen-bond acceptors (Lipinski definition) is 5. The van der Waals surface area contributed by atoms with Gasteiger partial charge in [-0.15, -0.1) is 0 Å². The van der Waals surface area contributed by atoms with Crippen LogP contribution < -0.4 is 4.74 Å². The van der Waals surface area contributed by atoms with Crippen LogP contribution in [0, 0.1) is 6.57 Å². The van der Waals surface area contributed by atoms with Gasteiger partial charge in [0.05, 0.1) is 23.8 Å². The molecule has 130 valence electrons. The molecule has 1 aromatic heterocycles. The fourth-order valence-corrected chi connectivity index (χ4v) is 3.78. The molecule has 0 fully saturated rings. The Labute approximate surface area is 142 Å². The monoisotopic (exact) mass is 366 g/mol. The van der Waals surface area contributed by atoms with Crippen LogP contribution in [-0.2, 0) is 16.3 Å². The van der Waals surface area contributed by atoms with E-state index in [2.05, 4.69) is 9.83 Å². The molecular formula is C16H12F2N2O4S. The Kier molecular flexibility index (Phi) is 4.41. The normalized spacial score (nSPS) is 16.5. The Balaban J connectivity index is 2.08. The summed E-state index contributed by atoms with van der Waals surface area (Å²) in [7, 11) is -4.84. The Morgan fingerprint density at radius 3 is 2.80 bits per heavy atom. The van der Waals surface area contributed by atoms with E-state index >= 15 is 0 Å². The molecule has 2 aromatic rings. The molecule has 0 spiro atoms. The summed E-state index contributed by atoms with van der Waals surface area (Å²) in [5.74, 6) is -3.08. The summed E-state index contributed by atoms with van der Waals surface area (Å²) in [6, 6.07) is 3.73. The molecule has 0 amide bonds. The van der Waals surface area contributed by atoms with Gasteiger partial charge in [-0.3, -0.25) is 4.98 Å². The SMILES string of the molecule is [C-]#[N+]c1cncc(Oc2ccc(S(=O)(=O)C(F)F)c3c2CC[C@H]3O)c1. The summed E-state index contributed by atoms with van der Waals surface area (Å²) >= 11 is 0. The van der Waals surface area contributed by atoms with Gasteiger partial charge in [-0.25, -0.2) is 13.3 Å². The van der Waals surface area contributed by atoms with Crippen LogP contribution in [0.15, 0.2) is 35.5 Å². The second-order valence-corrected chi connectivity index (χ2v) is 7.29. The molecule has 1 atom stereocenters. The second-order valence-electron chi connectivity index (χ2n) is 5.41. The number of halogens is 2. The summed E-state index contributed by atoms with van der Waals surface area (Å²) in [4.78, 5) is 6.50. The Morgan fingerprint density at radius 1 is 1.36 bits per heavy atom. The van der Waals surface area contributed by atoms with Crippen LogP contribution in [-0.4, -0.2) is 24.3 Å². The zero-order chi connectivity index (χ0) is 18.2. The Bertz CT molecular complexity index is 971. The fourth-order valence-electron chi connectivity index (χ4n) is 2.76. The predicted molar refractivity (Wildman–Crippen MR) is 83.5 cm³/mol. The summed E-state index contributed by atoms with van der Waals surface area (Å²) in [5, 5.41) is 10.1. The van der Waals surface area contributed by atoms with E-state index in [0.717, 1.165) is 6.07 Å². The first kappa shape index (κ1) is 17.3. The van der Waals surface area contributed by atoms with Crippen molar-refractivity contribution in [1.82, 2.24) is 4.98 Å². The van der Waals surface area contributed by atoms with Crippen molar-refractivity contribution < 1.29 is 27.0 Å². The van der Waals surface area contributed by atoms with E-state index < -0.39 is 26.6 Å². The number of aliphatic hydroxyl groups is 1. The lowest BCUT2D eigenvalue weighted by atomic mass is 10.1. The molecular weight excluding hydrogens is 354 g/mol. The maximum absolute atomic E-state index is 12.9. The number of aromatic nitrogens is 1. The van der Waals surface area contributed by atoms with Crippen LogP contribution >= 0.6 is 0 Å². The van der Waals surface area contributed by atoms with E-state index in [-0.39, 0.29) is 35.6 Å². The highest BCUT2D eigenvalue weighted by molar-refractivity contribution is 7.91. The first-order chi connectivity index (χ1) is 11.8. The smallest absolute Gasteiger partial charge is 0.341 e. The number of sulfone groups is 1. The van der Waals surface area contributed by atoms with Crippen LogP contribution in [0.2, 0.25) is 0 Å². The largest absolute Gasteiger partial charge is 0.457 e. The van der Waals surface area contributed by atoms with E-state index in [4.69, 9.17) is 11.3 Å². The van der Waals surface area contributed by atoms with Crippen molar-refractivity contribution in [2.24, 2.45) is 0 Å². The molecule has 1 aliphatic rings. The highest BCUT2D eigenvalue weighted by atomic mass is 32.2. The molecule has 0 unspecified atom stereocenters. The van der Waals surface area contributed by atoms with Gasteiger partial charge >= 0.3 is 5.76 Å². The number of rotatable bonds is 4. The number of nitrogens with zero attached hydrogens (tertiary/aromatic N) is 2. The lowest BCUT2D eigenvalue weighted by molar-refractivity contribution is 0.176. The molecule has 0 saturated heterocycles. The molecule has 0 saturated carbocycles. The molecule has 0 radical (unpaired) electrons. The van der Waals surface area contributed by atoms with Crippen LogP contribution in [0.3, 0.4) is 0 Å². The van der Waals surface area contributed by atoms with Gasteiger partial charge in [-0.2, -0.15) is 8.78 Å². The first-order valence-electron chi connectivity index (χ1n) is 7.21. The molecule has 6 nitrogen and oxygen atoms in total. The maximum atomic E-state index is 12.9. The Morgan fingerprint density at radius 2 is 2.12 bits per heavy atom. The van der Waals surface area contributed by atoms with Crippen LogP contribution in [0.25, 0.3) is 4.85 Å². The van der Waals surface area contributed by atoms with Crippen molar-refractivity contribution in [1.29, 1.82) is 0 Å². The minimum Gasteiger partial charge on any atom is -0.457 e. The third kappa shape index (κ3) is 3.06. The van der Waals surface area contributed by atoms with Crippen LogP contribution in [0.1, 0.15) is 23.7 Å². The summed E-state index contributed by atoms with van der Waals surface area (Å²) < 4.78 is 55.1. The molecule has 9 heteroatoms. The van der Waals surface area contributed by atoms with Gasteiger partial charge in [-0.05, 0) is 31.0 Å². The molecule has 1 aromatic carbocycles. The summed E-state index contributed by atoms with van der Waals surface area (Å²) in [5.41, 5.74) is 0.570. The van der Waals surface area contributed by atoms with E-state index in [9.17, 15) is 22.3 Å². The lowest BCUT2D eigenvalue weighted by Crippen LogP contribution is -2.15. The first-order valence-corrected chi connectivity index (χ1v) is 8.75. The highest BCUT2D eigenvalue weighted by Crippen LogP contribution is 2.43. The third-order valence-corrected chi connectivity index (χ3v) is 5.31. The molecule has 0 bridgehead atoms. The van der Waals surface area contributed by atoms with Crippen molar-refractivity contribution in [3.05, 3.63) is 53.1 Å². The van der Waals surface area contributed by atoms with Gasteiger partial charge in [0.2, 0.25) is 15.5 Å². The third-order valence-electron chi connectivity index (χ3n) is 3.87. The quantitative estimate of drug-likeness (QED) is 0.839. The maximum Gasteiger partial charge on any atom is 0.341 e. The topological polar surface area (TPSA) is 80.8 Å². The van der Waals surface area contributed by atoms with E-state index in [0.29, 0.717) is 5.56 Å². The fraction of sp³-hybridized carbons (Fsp3) is 0.250. The standard InChI is InChI=1S/C16H12F2N2O4S/c1-19-9-6-10(8-20-7-9)24-13-4-5-14(25(22,23)16(17)18)15-11(13)2-3-12(15)21/h4-8,12,16,21H,2-3H2/t12-/m1/s1. The molecule has 1 aliphatic carbocycles. The van der Waals surface area contributed by atoms with Crippen molar-refractivity contribution >= 4 is 15.5 Å². The van der Waals surface area contributed by atoms with E-state index in [1.54, 1.807) is 0 Å². The minimum atomic E-state index is -4.84. The highest BCUT2D eigenvalue weighted by Gasteiger charge is 2.36. The van der Waals surface area contributed by atoms with Gasteiger partial charge in [0.25, 0.3) is 0 Å². The van der Waals surface area contributed by atoms with Crippen LogP contribution in [0.5, 0.6) is 11.5 Å². The predicted octanol–water partition coefficient (Wildman–Crippen LogP) is 3.40. The zero-order valence-electron chi connectivity index (χ0n) is 12.7. The van der Waals surface area contributed by atoms with E-state index in [1.807, 2.05) is 0 Å². The number of fused-ring (bicyclic) bond motifs is 1. The van der Waals surface area contributed by atoms with Crippen molar-refractivity contribution in [3.8, 4) is 11.5 Å². The van der Waals surface area contributed by atoms with Crippen LogP contribution in [0.4, 0.5) is 14.5 Å². The number of benzene rings is 1. The number of alkyl halides is 2. The van der Waals surface area contributed by atoms with Crippen molar-refractivity contribution in [3.63, 3.8) is 0 Å². The molecule has 1 N–H and O–H groups in total. The van der Waals surface area contributed by atoms with Gasteiger partial charge in [-0.1, -0.05) is 0 Å². The summed E-state index contributed by atoms with van der Waals surface area (Å²) in [6.07, 6.45) is 2.06.